The number of hydrogen-bond acceptors (Lipinski definition) is 2. The molecule has 0 saturated heterocycles. The van der Waals surface area contributed by atoms with Crippen LogP contribution in [0.2, 0.25) is 0 Å². The monoisotopic (exact) mass is 362 g/mol. The highest BCUT2D eigenvalue weighted by atomic mass is 19.4. The number of benzene rings is 2. The highest BCUT2D eigenvalue weighted by molar-refractivity contribution is 5.78. The Morgan fingerprint density at radius 2 is 1.40 bits per heavy atom. The van der Waals surface area contributed by atoms with Crippen LogP contribution in [0, 0.1) is 6.92 Å². The smallest absolute Gasteiger partial charge is 0.369 e. The van der Waals surface area contributed by atoms with Crippen molar-refractivity contribution in [3.8, 4) is 11.1 Å². The summed E-state index contributed by atoms with van der Waals surface area (Å²) < 4.78 is 77.1. The van der Waals surface area contributed by atoms with Gasteiger partial charge >= 0.3 is 12.4 Å². The van der Waals surface area contributed by atoms with E-state index in [-0.39, 0.29) is 0 Å². The number of aryl methyl sites for hydroxylation is 1. The van der Waals surface area contributed by atoms with Crippen LogP contribution in [0.15, 0.2) is 42.5 Å². The standard InChI is InChI=1S/C17H12F6O2/c1-10-8-11(9-24)2-7-14(10)12-3-5-13(6-4-12)15(25,16(18,19)20)17(21,22)23/h2-9,25H,1H3. The van der Waals surface area contributed by atoms with Crippen LogP contribution in [0.3, 0.4) is 0 Å². The largest absolute Gasteiger partial charge is 0.430 e. The topological polar surface area (TPSA) is 37.3 Å². The van der Waals surface area contributed by atoms with Crippen LogP contribution in [0.5, 0.6) is 0 Å². The Kier molecular flexibility index (Phi) is 4.69. The number of aliphatic hydroxyl groups is 1. The van der Waals surface area contributed by atoms with Crippen molar-refractivity contribution >= 4 is 6.29 Å². The molecule has 2 rings (SSSR count). The molecule has 0 spiro atoms. The normalized spacial score (nSPS) is 13.0. The van der Waals surface area contributed by atoms with Crippen molar-refractivity contribution in [2.75, 3.05) is 0 Å². The summed E-state index contributed by atoms with van der Waals surface area (Å²) in [5, 5.41) is 9.35. The van der Waals surface area contributed by atoms with Crippen molar-refractivity contribution in [1.29, 1.82) is 0 Å². The van der Waals surface area contributed by atoms with Gasteiger partial charge in [-0.1, -0.05) is 36.4 Å². The second kappa shape index (κ2) is 6.18. The van der Waals surface area contributed by atoms with Gasteiger partial charge in [-0.25, -0.2) is 0 Å². The molecule has 0 aliphatic heterocycles. The molecule has 0 aromatic heterocycles. The molecule has 2 nitrogen and oxygen atoms in total. The molecule has 8 heteroatoms. The van der Waals surface area contributed by atoms with Crippen molar-refractivity contribution < 1.29 is 36.2 Å². The molecule has 0 radical (unpaired) electrons. The molecule has 0 saturated carbocycles. The lowest BCUT2D eigenvalue weighted by Gasteiger charge is -2.32. The van der Waals surface area contributed by atoms with Gasteiger partial charge in [-0.05, 0) is 29.7 Å². The molecule has 1 N–H and O–H groups in total. The first kappa shape index (κ1) is 19.0. The van der Waals surface area contributed by atoms with Gasteiger partial charge in [-0.15, -0.1) is 0 Å². The summed E-state index contributed by atoms with van der Waals surface area (Å²) in [5.41, 5.74) is -4.36. The summed E-state index contributed by atoms with van der Waals surface area (Å²) >= 11 is 0. The van der Waals surface area contributed by atoms with Crippen molar-refractivity contribution in [3.63, 3.8) is 0 Å². The number of aldehydes is 1. The Morgan fingerprint density at radius 3 is 1.80 bits per heavy atom. The van der Waals surface area contributed by atoms with E-state index in [1.54, 1.807) is 6.92 Å². The van der Waals surface area contributed by atoms with E-state index >= 15 is 0 Å². The summed E-state index contributed by atoms with van der Waals surface area (Å²) in [4.78, 5) is 10.7. The molecular formula is C17H12F6O2. The average Bonchev–Trinajstić information content (AvgIpc) is 2.52. The number of carbonyl (C=O) groups excluding carboxylic acids is 1. The van der Waals surface area contributed by atoms with E-state index in [0.29, 0.717) is 40.7 Å². The minimum atomic E-state index is -5.92. The minimum absolute atomic E-state index is 0.352. The van der Waals surface area contributed by atoms with E-state index in [9.17, 15) is 36.2 Å². The first-order valence-electron chi connectivity index (χ1n) is 6.94. The molecule has 0 unspecified atom stereocenters. The van der Waals surface area contributed by atoms with E-state index in [4.69, 9.17) is 0 Å². The Hall–Kier alpha value is -2.35. The van der Waals surface area contributed by atoms with Gasteiger partial charge in [0.2, 0.25) is 0 Å². The highest BCUT2D eigenvalue weighted by Gasteiger charge is 2.71. The third-order valence-electron chi connectivity index (χ3n) is 3.82. The third kappa shape index (κ3) is 3.26. The summed E-state index contributed by atoms with van der Waals surface area (Å²) in [6, 6.07) is 7.84. The Morgan fingerprint density at radius 1 is 0.880 bits per heavy atom. The summed E-state index contributed by atoms with van der Waals surface area (Å²) in [5.74, 6) is 0. The molecule has 0 bridgehead atoms. The number of carbonyl (C=O) groups is 1. The molecule has 0 atom stereocenters. The molecule has 0 aliphatic rings. The Bertz CT molecular complexity index is 761. The third-order valence-corrected chi connectivity index (χ3v) is 3.82. The SMILES string of the molecule is Cc1cc(C=O)ccc1-c1ccc(C(O)(C(F)(F)F)C(F)(F)F)cc1. The van der Waals surface area contributed by atoms with Gasteiger partial charge in [0.1, 0.15) is 6.29 Å². The van der Waals surface area contributed by atoms with Gasteiger partial charge in [0.05, 0.1) is 0 Å². The molecule has 0 aliphatic carbocycles. The maximum absolute atomic E-state index is 12.9. The van der Waals surface area contributed by atoms with Crippen LogP contribution in [-0.4, -0.2) is 23.7 Å². The lowest BCUT2D eigenvalue weighted by atomic mass is 9.90. The van der Waals surface area contributed by atoms with Gasteiger partial charge < -0.3 is 5.11 Å². The van der Waals surface area contributed by atoms with Crippen LogP contribution in [-0.2, 0) is 5.60 Å². The van der Waals surface area contributed by atoms with Gasteiger partial charge in [-0.3, -0.25) is 4.79 Å². The molecule has 2 aromatic carbocycles. The van der Waals surface area contributed by atoms with Crippen molar-refractivity contribution in [1.82, 2.24) is 0 Å². The molecule has 25 heavy (non-hydrogen) atoms. The second-order valence-corrected chi connectivity index (χ2v) is 5.48. The van der Waals surface area contributed by atoms with Crippen molar-refractivity contribution in [3.05, 3.63) is 59.2 Å². The van der Waals surface area contributed by atoms with Crippen LogP contribution in [0.25, 0.3) is 11.1 Å². The molecule has 0 fully saturated rings. The zero-order valence-electron chi connectivity index (χ0n) is 12.7. The van der Waals surface area contributed by atoms with Crippen molar-refractivity contribution in [2.45, 2.75) is 24.9 Å². The lowest BCUT2D eigenvalue weighted by molar-refractivity contribution is -0.376. The predicted octanol–water partition coefficient (Wildman–Crippen LogP) is 4.79. The zero-order valence-corrected chi connectivity index (χ0v) is 12.7. The maximum Gasteiger partial charge on any atom is 0.430 e. The maximum atomic E-state index is 12.9. The lowest BCUT2D eigenvalue weighted by Crippen LogP contribution is -2.53. The molecule has 2 aromatic rings. The highest BCUT2D eigenvalue weighted by Crippen LogP contribution is 2.50. The van der Waals surface area contributed by atoms with Crippen LogP contribution >= 0.6 is 0 Å². The fraction of sp³-hybridized carbons (Fsp3) is 0.235. The number of halogens is 6. The minimum Gasteiger partial charge on any atom is -0.369 e. The number of alkyl halides is 6. The predicted molar refractivity (Wildman–Crippen MR) is 78.0 cm³/mol. The van der Waals surface area contributed by atoms with E-state index in [1.807, 2.05) is 0 Å². The fourth-order valence-electron chi connectivity index (χ4n) is 2.46. The van der Waals surface area contributed by atoms with Gasteiger partial charge in [0, 0.05) is 11.1 Å². The van der Waals surface area contributed by atoms with Gasteiger partial charge in [-0.2, -0.15) is 26.3 Å². The first-order valence-corrected chi connectivity index (χ1v) is 6.94. The number of rotatable bonds is 3. The Labute approximate surface area is 138 Å². The summed E-state index contributed by atoms with van der Waals surface area (Å²) in [7, 11) is 0. The van der Waals surface area contributed by atoms with Gasteiger partial charge in [0.25, 0.3) is 5.60 Å². The fourth-order valence-corrected chi connectivity index (χ4v) is 2.46. The van der Waals surface area contributed by atoms with E-state index < -0.39 is 23.5 Å². The molecule has 0 heterocycles. The zero-order chi connectivity index (χ0) is 19.0. The molecule has 0 amide bonds. The van der Waals surface area contributed by atoms with Crippen LogP contribution in [0.1, 0.15) is 21.5 Å². The average molecular weight is 362 g/mol. The molecule has 134 valence electrons. The van der Waals surface area contributed by atoms with Crippen LogP contribution < -0.4 is 0 Å². The molecular weight excluding hydrogens is 350 g/mol. The second-order valence-electron chi connectivity index (χ2n) is 5.48. The summed E-state index contributed by atoms with van der Waals surface area (Å²) in [6.45, 7) is 1.65. The summed E-state index contributed by atoms with van der Waals surface area (Å²) in [6.07, 6.45) is -11.2. The van der Waals surface area contributed by atoms with Gasteiger partial charge in [0.15, 0.2) is 0 Å². The van der Waals surface area contributed by atoms with E-state index in [0.717, 1.165) is 12.1 Å². The number of hydrogen-bond donors (Lipinski definition) is 1. The van der Waals surface area contributed by atoms with Crippen LogP contribution in [0.4, 0.5) is 26.3 Å². The van der Waals surface area contributed by atoms with E-state index in [2.05, 4.69) is 0 Å². The quantitative estimate of drug-likeness (QED) is 0.630. The van der Waals surface area contributed by atoms with Crippen molar-refractivity contribution in [2.24, 2.45) is 0 Å². The van der Waals surface area contributed by atoms with E-state index in [1.165, 1.54) is 18.2 Å². The first-order chi connectivity index (χ1) is 11.4. The Balaban J connectivity index is 2.51.